The lowest BCUT2D eigenvalue weighted by molar-refractivity contribution is -0.645. The predicted octanol–water partition coefficient (Wildman–Crippen LogP) is 7.32. The van der Waals surface area contributed by atoms with E-state index >= 15 is 0 Å². The molecule has 3 heteroatoms. The van der Waals surface area contributed by atoms with E-state index in [4.69, 9.17) is 4.42 Å². The second-order valence-electron chi connectivity index (χ2n) is 8.98. The third-order valence-corrected chi connectivity index (χ3v) is 6.72. The van der Waals surface area contributed by atoms with Crippen molar-refractivity contribution in [3.05, 3.63) is 84.5 Å². The normalized spacial score (nSPS) is 13.4. The number of rotatable bonds is 4. The van der Waals surface area contributed by atoms with Crippen molar-refractivity contribution in [3.63, 3.8) is 0 Å². The highest BCUT2D eigenvalue weighted by atomic mass is 16.3. The average Bonchev–Trinajstić information content (AvgIpc) is 3.45. The molecule has 3 heterocycles. The lowest BCUT2D eigenvalue weighted by Crippen LogP contribution is -2.31. The van der Waals surface area contributed by atoms with Gasteiger partial charge in [0.25, 0.3) is 5.82 Å². The molecule has 2 aromatic heterocycles. The van der Waals surface area contributed by atoms with Gasteiger partial charge in [0.15, 0.2) is 16.6 Å². The molecule has 6 rings (SSSR count). The Morgan fingerprint density at radius 3 is 2.66 bits per heavy atom. The molecule has 0 bridgehead atoms. The van der Waals surface area contributed by atoms with Crippen LogP contribution in [0.1, 0.15) is 32.8 Å². The monoisotopic (exact) mass is 419 g/mol. The third kappa shape index (κ3) is 2.51. The molecule has 5 aromatic rings. The van der Waals surface area contributed by atoms with Crippen LogP contribution in [0.5, 0.6) is 0 Å². The van der Waals surface area contributed by atoms with Gasteiger partial charge in [0.05, 0.1) is 0 Å². The summed E-state index contributed by atoms with van der Waals surface area (Å²) in [5.74, 6) is 1.56. The Hall–Kier alpha value is -3.59. The van der Waals surface area contributed by atoms with E-state index in [1.807, 2.05) is 6.07 Å². The van der Waals surface area contributed by atoms with Gasteiger partial charge in [0.2, 0.25) is 0 Å². The fourth-order valence-corrected chi connectivity index (χ4v) is 5.32. The molecule has 0 radical (unpaired) electrons. The predicted molar refractivity (Wildman–Crippen MR) is 132 cm³/mol. The molecule has 0 saturated heterocycles. The summed E-state index contributed by atoms with van der Waals surface area (Å²) in [6.07, 6.45) is 3.31. The first-order valence-electron chi connectivity index (χ1n) is 11.5. The van der Waals surface area contributed by atoms with Crippen LogP contribution in [0, 0.1) is 5.92 Å². The van der Waals surface area contributed by atoms with Gasteiger partial charge in [-0.05, 0) is 36.1 Å². The van der Waals surface area contributed by atoms with Gasteiger partial charge in [-0.3, -0.25) is 0 Å². The van der Waals surface area contributed by atoms with Gasteiger partial charge < -0.3 is 4.42 Å². The van der Waals surface area contributed by atoms with Crippen LogP contribution in [0.4, 0.5) is 0 Å². The zero-order valence-corrected chi connectivity index (χ0v) is 18.9. The van der Waals surface area contributed by atoms with Crippen molar-refractivity contribution >= 4 is 38.7 Å². The first-order chi connectivity index (χ1) is 15.6. The Morgan fingerprint density at radius 1 is 1.06 bits per heavy atom. The molecule has 0 fully saturated rings. The van der Waals surface area contributed by atoms with Crippen molar-refractivity contribution in [2.45, 2.75) is 33.7 Å². The molecule has 1 aliphatic rings. The molecule has 3 aromatic carbocycles. The van der Waals surface area contributed by atoms with Gasteiger partial charge in [-0.2, -0.15) is 4.57 Å². The number of allylic oxidation sites excluding steroid dienone is 3. The topological polar surface area (TPSA) is 21.9 Å². The number of aromatic nitrogens is 2. The number of imidazole rings is 1. The van der Waals surface area contributed by atoms with Crippen molar-refractivity contribution in [2.75, 3.05) is 0 Å². The average molecular weight is 420 g/mol. The number of nitrogens with zero attached hydrogens (tertiary/aromatic N) is 2. The van der Waals surface area contributed by atoms with Gasteiger partial charge >= 0.3 is 0 Å². The quantitative estimate of drug-likeness (QED) is 0.217. The molecule has 0 spiro atoms. The standard InChI is InChI=1S/C29H27N2O/c1-5-10-21(18(2)3)19(4)31-25-13-8-7-12-24(25)30-17-20-15-16-23-22-11-6-9-14-26(22)32-28(23)27(20)29(30)31/h6-16,18H,4-5,17H2,1-3H3/q+1/b21-10-. The maximum atomic E-state index is 6.47. The summed E-state index contributed by atoms with van der Waals surface area (Å²) in [6, 6.07) is 21.4. The Bertz CT molecular complexity index is 1580. The van der Waals surface area contributed by atoms with E-state index in [1.165, 1.54) is 44.3 Å². The van der Waals surface area contributed by atoms with E-state index in [1.54, 1.807) is 0 Å². The molecule has 0 N–H and O–H groups in total. The highest BCUT2D eigenvalue weighted by Crippen LogP contribution is 2.42. The second-order valence-corrected chi connectivity index (χ2v) is 8.98. The third-order valence-electron chi connectivity index (χ3n) is 6.72. The van der Waals surface area contributed by atoms with Crippen molar-refractivity contribution in [2.24, 2.45) is 5.92 Å². The summed E-state index contributed by atoms with van der Waals surface area (Å²) in [5.41, 5.74) is 9.15. The van der Waals surface area contributed by atoms with Crippen molar-refractivity contribution < 1.29 is 8.98 Å². The Labute approximate surface area is 187 Å². The molecule has 0 aliphatic carbocycles. The van der Waals surface area contributed by atoms with Crippen LogP contribution < -0.4 is 4.57 Å². The molecular formula is C29H27N2O+. The van der Waals surface area contributed by atoms with Crippen LogP contribution in [0.15, 0.2) is 83.3 Å². The minimum atomic E-state index is 0.395. The zero-order chi connectivity index (χ0) is 22.0. The van der Waals surface area contributed by atoms with Gasteiger partial charge in [0, 0.05) is 16.3 Å². The largest absolute Gasteiger partial charge is 0.455 e. The summed E-state index contributed by atoms with van der Waals surface area (Å²) < 4.78 is 11.2. The smallest absolute Gasteiger partial charge is 0.299 e. The van der Waals surface area contributed by atoms with Gasteiger partial charge in [-0.1, -0.05) is 75.9 Å². The van der Waals surface area contributed by atoms with Crippen LogP contribution in [-0.2, 0) is 6.54 Å². The maximum absolute atomic E-state index is 6.47. The molecule has 0 atom stereocenters. The number of para-hydroxylation sites is 3. The Kier molecular flexibility index (Phi) is 4.16. The number of hydrogen-bond donors (Lipinski definition) is 0. The summed E-state index contributed by atoms with van der Waals surface area (Å²) in [5, 5.41) is 2.34. The summed E-state index contributed by atoms with van der Waals surface area (Å²) in [7, 11) is 0. The van der Waals surface area contributed by atoms with Crippen molar-refractivity contribution in [1.29, 1.82) is 0 Å². The summed E-state index contributed by atoms with van der Waals surface area (Å²) in [6.45, 7) is 12.1. The van der Waals surface area contributed by atoms with Gasteiger partial charge in [0.1, 0.15) is 23.4 Å². The van der Waals surface area contributed by atoms with Crippen LogP contribution >= 0.6 is 0 Å². The number of furan rings is 1. The molecule has 0 amide bonds. The van der Waals surface area contributed by atoms with Crippen LogP contribution in [0.3, 0.4) is 0 Å². The molecule has 158 valence electrons. The van der Waals surface area contributed by atoms with E-state index in [-0.39, 0.29) is 0 Å². The van der Waals surface area contributed by atoms with Crippen LogP contribution in [0.2, 0.25) is 0 Å². The van der Waals surface area contributed by atoms with Crippen molar-refractivity contribution in [1.82, 2.24) is 4.57 Å². The highest BCUT2D eigenvalue weighted by Gasteiger charge is 2.38. The molecule has 3 nitrogen and oxygen atoms in total. The molecule has 32 heavy (non-hydrogen) atoms. The number of benzene rings is 3. The van der Waals surface area contributed by atoms with Gasteiger partial charge in [-0.15, -0.1) is 0 Å². The van der Waals surface area contributed by atoms with E-state index in [2.05, 4.69) is 97.2 Å². The Balaban J connectivity index is 1.73. The SMILES string of the molecule is C=C(/C(=C\CC)C(C)C)n1c2[n+](c3ccccc31)Cc1ccc3c(oc4ccccc43)c1-2. The Morgan fingerprint density at radius 2 is 1.84 bits per heavy atom. The highest BCUT2D eigenvalue weighted by molar-refractivity contribution is 6.10. The molecular weight excluding hydrogens is 392 g/mol. The first kappa shape index (κ1) is 19.1. The minimum absolute atomic E-state index is 0.395. The van der Waals surface area contributed by atoms with E-state index in [0.29, 0.717) is 5.92 Å². The van der Waals surface area contributed by atoms with Gasteiger partial charge in [-0.25, -0.2) is 4.57 Å². The minimum Gasteiger partial charge on any atom is -0.455 e. The summed E-state index contributed by atoms with van der Waals surface area (Å²) >= 11 is 0. The molecule has 1 aliphatic heterocycles. The lowest BCUT2D eigenvalue weighted by Gasteiger charge is -2.13. The summed E-state index contributed by atoms with van der Waals surface area (Å²) in [4.78, 5) is 0. The van der Waals surface area contributed by atoms with E-state index in [9.17, 15) is 0 Å². The maximum Gasteiger partial charge on any atom is 0.299 e. The number of fused-ring (bicyclic) bond motifs is 9. The molecule has 0 unspecified atom stereocenters. The van der Waals surface area contributed by atoms with Crippen molar-refractivity contribution in [3.8, 4) is 11.4 Å². The fraction of sp³-hybridized carbons (Fsp3) is 0.207. The van der Waals surface area contributed by atoms with Crippen LogP contribution in [-0.4, -0.2) is 4.57 Å². The van der Waals surface area contributed by atoms with Crippen LogP contribution in [0.25, 0.3) is 50.1 Å². The zero-order valence-electron chi connectivity index (χ0n) is 18.9. The second kappa shape index (κ2) is 6.96. The molecule has 0 saturated carbocycles. The van der Waals surface area contributed by atoms with E-state index in [0.717, 1.165) is 29.8 Å². The fourth-order valence-electron chi connectivity index (χ4n) is 5.32. The number of hydrogen-bond acceptors (Lipinski definition) is 1. The first-order valence-corrected chi connectivity index (χ1v) is 11.5. The van der Waals surface area contributed by atoms with E-state index < -0.39 is 0 Å². The lowest BCUT2D eigenvalue weighted by atomic mass is 9.98.